The smallest absolute Gasteiger partial charge is 0.273 e. The highest BCUT2D eigenvalue weighted by Gasteiger charge is 2.35. The lowest BCUT2D eigenvalue weighted by Crippen LogP contribution is -2.44. The molecule has 1 aliphatic heterocycles. The summed E-state index contributed by atoms with van der Waals surface area (Å²) in [4.78, 5) is 23.6. The van der Waals surface area contributed by atoms with Crippen LogP contribution in [0, 0.1) is 17.0 Å². The maximum Gasteiger partial charge on any atom is 0.273 e. The number of carbonyl (C=O) groups excluding carboxylic acids is 1. The van der Waals surface area contributed by atoms with Gasteiger partial charge in [-0.05, 0) is 43.5 Å². The molecule has 0 spiro atoms. The Bertz CT molecular complexity index is 1160. The fraction of sp³-hybridized carbons (Fsp3) is 0.318. The molecule has 0 bridgehead atoms. The molecule has 166 valence electrons. The van der Waals surface area contributed by atoms with Crippen LogP contribution in [-0.2, 0) is 10.2 Å². The predicted octanol–water partition coefficient (Wildman–Crippen LogP) is 3.62. The van der Waals surface area contributed by atoms with E-state index < -0.39 is 4.92 Å². The number of halogens is 1. The van der Waals surface area contributed by atoms with Gasteiger partial charge in [0.2, 0.25) is 0 Å². The first-order chi connectivity index (χ1) is 15.4. The topological polar surface area (TPSA) is 112 Å². The zero-order valence-electron chi connectivity index (χ0n) is 17.5. The molecule has 0 aliphatic carbocycles. The zero-order valence-corrected chi connectivity index (χ0v) is 18.2. The number of nitro benzene ring substituents is 1. The first-order valence-electron chi connectivity index (χ1n) is 10.2. The minimum Gasteiger partial charge on any atom is -0.381 e. The summed E-state index contributed by atoms with van der Waals surface area (Å²) < 4.78 is 6.97. The molecule has 0 saturated carbocycles. The zero-order chi connectivity index (χ0) is 22.7. The molecule has 1 fully saturated rings. The molecular formula is C22H22ClN5O4. The van der Waals surface area contributed by atoms with E-state index in [1.165, 1.54) is 16.8 Å². The second kappa shape index (κ2) is 9.05. The third kappa shape index (κ3) is 4.35. The van der Waals surface area contributed by atoms with E-state index in [0.29, 0.717) is 36.2 Å². The molecule has 0 atom stereocenters. The molecule has 1 N–H and O–H groups in total. The Kier molecular flexibility index (Phi) is 6.20. The Hall–Kier alpha value is -3.30. The van der Waals surface area contributed by atoms with Gasteiger partial charge in [-0.25, -0.2) is 4.68 Å². The van der Waals surface area contributed by atoms with Gasteiger partial charge in [-0.3, -0.25) is 14.9 Å². The summed E-state index contributed by atoms with van der Waals surface area (Å²) in [5, 5.41) is 22.8. The molecule has 2 aromatic carbocycles. The standard InChI is InChI=1S/C22H22ClN5O4/c1-15-20(25-26-27(15)18-6-3-7-19(13-18)28(30)31)21(29)24-14-22(8-10-32-11-9-22)16-4-2-5-17(23)12-16/h2-7,12-13H,8-11,14H2,1H3,(H,24,29). The van der Waals surface area contributed by atoms with Crippen molar-refractivity contribution in [3.8, 4) is 5.69 Å². The van der Waals surface area contributed by atoms with Crippen molar-refractivity contribution in [3.63, 3.8) is 0 Å². The molecule has 0 unspecified atom stereocenters. The van der Waals surface area contributed by atoms with Crippen molar-refractivity contribution in [2.24, 2.45) is 0 Å². The number of nitro groups is 1. The van der Waals surface area contributed by atoms with Crippen LogP contribution in [0.15, 0.2) is 48.5 Å². The number of hydrogen-bond acceptors (Lipinski definition) is 6. The summed E-state index contributed by atoms with van der Waals surface area (Å²) >= 11 is 6.22. The highest BCUT2D eigenvalue weighted by molar-refractivity contribution is 6.30. The number of non-ortho nitro benzene ring substituents is 1. The fourth-order valence-electron chi connectivity index (χ4n) is 4.00. The molecule has 0 radical (unpaired) electrons. The van der Waals surface area contributed by atoms with Crippen LogP contribution in [0.2, 0.25) is 5.02 Å². The first-order valence-corrected chi connectivity index (χ1v) is 10.6. The van der Waals surface area contributed by atoms with Crippen LogP contribution >= 0.6 is 11.6 Å². The van der Waals surface area contributed by atoms with Crippen LogP contribution in [0.4, 0.5) is 5.69 Å². The van der Waals surface area contributed by atoms with E-state index in [4.69, 9.17) is 16.3 Å². The van der Waals surface area contributed by atoms with Gasteiger partial charge in [-0.1, -0.05) is 35.0 Å². The van der Waals surface area contributed by atoms with Crippen LogP contribution in [0.5, 0.6) is 0 Å². The van der Waals surface area contributed by atoms with Crippen molar-refractivity contribution < 1.29 is 14.5 Å². The minimum absolute atomic E-state index is 0.0635. The van der Waals surface area contributed by atoms with Crippen molar-refractivity contribution in [2.45, 2.75) is 25.2 Å². The number of aromatic nitrogens is 3. The number of rotatable bonds is 6. The molecular weight excluding hydrogens is 434 g/mol. The van der Waals surface area contributed by atoms with Crippen LogP contribution in [0.25, 0.3) is 5.69 Å². The molecule has 1 aliphatic rings. The van der Waals surface area contributed by atoms with Crippen molar-refractivity contribution in [3.05, 3.63) is 80.6 Å². The summed E-state index contributed by atoms with van der Waals surface area (Å²) in [6.45, 7) is 3.31. The number of amides is 1. The van der Waals surface area contributed by atoms with Gasteiger partial charge in [0.15, 0.2) is 5.69 Å². The Morgan fingerprint density at radius 1 is 1.25 bits per heavy atom. The molecule has 1 amide bonds. The third-order valence-electron chi connectivity index (χ3n) is 5.87. The Morgan fingerprint density at radius 2 is 2.00 bits per heavy atom. The second-order valence-corrected chi connectivity index (χ2v) is 8.23. The normalized spacial score (nSPS) is 15.3. The lowest BCUT2D eigenvalue weighted by molar-refractivity contribution is -0.384. The lowest BCUT2D eigenvalue weighted by atomic mass is 9.74. The van der Waals surface area contributed by atoms with Gasteiger partial charge in [0.05, 0.1) is 16.3 Å². The summed E-state index contributed by atoms with van der Waals surface area (Å²) in [6.07, 6.45) is 1.51. The number of nitrogens with zero attached hydrogens (tertiary/aromatic N) is 4. The third-order valence-corrected chi connectivity index (χ3v) is 6.10. The van der Waals surface area contributed by atoms with Gasteiger partial charge in [0, 0.05) is 42.3 Å². The predicted molar refractivity (Wildman–Crippen MR) is 118 cm³/mol. The molecule has 10 heteroatoms. The van der Waals surface area contributed by atoms with E-state index in [0.717, 1.165) is 18.4 Å². The van der Waals surface area contributed by atoms with Gasteiger partial charge >= 0.3 is 0 Å². The Labute approximate surface area is 189 Å². The fourth-order valence-corrected chi connectivity index (χ4v) is 4.19. The molecule has 1 aromatic heterocycles. The Balaban J connectivity index is 1.55. The van der Waals surface area contributed by atoms with Gasteiger partial charge in [-0.15, -0.1) is 5.10 Å². The van der Waals surface area contributed by atoms with Crippen LogP contribution in [0.3, 0.4) is 0 Å². The van der Waals surface area contributed by atoms with Crippen molar-refractivity contribution >= 4 is 23.2 Å². The number of hydrogen-bond donors (Lipinski definition) is 1. The Morgan fingerprint density at radius 3 is 2.72 bits per heavy atom. The monoisotopic (exact) mass is 455 g/mol. The molecule has 4 rings (SSSR count). The molecule has 2 heterocycles. The van der Waals surface area contributed by atoms with Crippen molar-refractivity contribution in [1.29, 1.82) is 0 Å². The summed E-state index contributed by atoms with van der Waals surface area (Å²) in [5.74, 6) is -0.355. The first kappa shape index (κ1) is 21.9. The average molecular weight is 456 g/mol. The van der Waals surface area contributed by atoms with Gasteiger partial charge in [-0.2, -0.15) is 0 Å². The van der Waals surface area contributed by atoms with Crippen molar-refractivity contribution in [1.82, 2.24) is 20.3 Å². The van der Waals surface area contributed by atoms with E-state index in [1.807, 2.05) is 24.3 Å². The molecule has 9 nitrogen and oxygen atoms in total. The number of benzene rings is 2. The maximum atomic E-state index is 13.0. The quantitative estimate of drug-likeness (QED) is 0.448. The molecule has 1 saturated heterocycles. The maximum absolute atomic E-state index is 13.0. The molecule has 3 aromatic rings. The largest absolute Gasteiger partial charge is 0.381 e. The minimum atomic E-state index is -0.480. The van der Waals surface area contributed by atoms with Crippen LogP contribution in [0.1, 0.15) is 34.6 Å². The second-order valence-electron chi connectivity index (χ2n) is 7.80. The van der Waals surface area contributed by atoms with E-state index in [9.17, 15) is 14.9 Å². The summed E-state index contributed by atoms with van der Waals surface area (Å²) in [7, 11) is 0. The van der Waals surface area contributed by atoms with Crippen LogP contribution in [-0.4, -0.2) is 45.6 Å². The summed E-state index contributed by atoms with van der Waals surface area (Å²) in [5.41, 5.74) is 1.83. The van der Waals surface area contributed by atoms with E-state index in [1.54, 1.807) is 19.1 Å². The number of nitrogens with one attached hydrogen (secondary N) is 1. The highest BCUT2D eigenvalue weighted by Crippen LogP contribution is 2.35. The lowest BCUT2D eigenvalue weighted by Gasteiger charge is -2.38. The van der Waals surface area contributed by atoms with Gasteiger partial charge < -0.3 is 10.1 Å². The van der Waals surface area contributed by atoms with Gasteiger partial charge in [0.1, 0.15) is 0 Å². The average Bonchev–Trinajstić information content (AvgIpc) is 3.19. The van der Waals surface area contributed by atoms with E-state index in [2.05, 4.69) is 15.6 Å². The van der Waals surface area contributed by atoms with Crippen LogP contribution < -0.4 is 5.32 Å². The number of carbonyl (C=O) groups is 1. The van der Waals surface area contributed by atoms with Gasteiger partial charge in [0.25, 0.3) is 11.6 Å². The summed E-state index contributed by atoms with van der Waals surface area (Å²) in [6, 6.07) is 13.7. The molecule has 32 heavy (non-hydrogen) atoms. The highest BCUT2D eigenvalue weighted by atomic mass is 35.5. The SMILES string of the molecule is Cc1c(C(=O)NCC2(c3cccc(Cl)c3)CCOCC2)nnn1-c1cccc([N+](=O)[O-])c1. The van der Waals surface area contributed by atoms with E-state index in [-0.39, 0.29) is 22.7 Å². The van der Waals surface area contributed by atoms with Crippen molar-refractivity contribution in [2.75, 3.05) is 19.8 Å². The number of ether oxygens (including phenoxy) is 1. The van der Waals surface area contributed by atoms with E-state index >= 15 is 0 Å².